The largest absolute Gasteiger partial charge is 0.329 e. The Morgan fingerprint density at radius 2 is 2.06 bits per heavy atom. The normalized spacial score (nSPS) is 18.8. The van der Waals surface area contributed by atoms with Gasteiger partial charge in [0.1, 0.15) is 5.82 Å². The van der Waals surface area contributed by atoms with E-state index in [1.54, 1.807) is 12.1 Å². The van der Waals surface area contributed by atoms with Crippen molar-refractivity contribution in [1.29, 1.82) is 0 Å². The van der Waals surface area contributed by atoms with Gasteiger partial charge in [-0.1, -0.05) is 22.4 Å². The third-order valence-electron chi connectivity index (χ3n) is 3.26. The molecule has 1 fully saturated rings. The Bertz CT molecular complexity index is 394. The van der Waals surface area contributed by atoms with Crippen LogP contribution in [0.5, 0.6) is 0 Å². The predicted octanol–water partition coefficient (Wildman–Crippen LogP) is 2.58. The van der Waals surface area contributed by atoms with E-state index in [1.165, 1.54) is 25.3 Å². The van der Waals surface area contributed by atoms with Crippen LogP contribution in [0.2, 0.25) is 0 Å². The molecule has 1 aliphatic rings. The van der Waals surface area contributed by atoms with Crippen molar-refractivity contribution in [3.8, 4) is 0 Å². The van der Waals surface area contributed by atoms with Gasteiger partial charge in [0.15, 0.2) is 0 Å². The van der Waals surface area contributed by atoms with Crippen molar-refractivity contribution in [1.82, 2.24) is 10.4 Å². The van der Waals surface area contributed by atoms with Crippen LogP contribution in [-0.2, 0) is 0 Å². The number of benzene rings is 1. The first-order valence-corrected chi connectivity index (χ1v) is 7.16. The number of halogens is 2. The third kappa shape index (κ3) is 3.51. The van der Waals surface area contributed by atoms with E-state index >= 15 is 0 Å². The van der Waals surface area contributed by atoms with Gasteiger partial charge in [0, 0.05) is 29.7 Å². The maximum absolute atomic E-state index is 13.8. The Morgan fingerprint density at radius 3 is 2.72 bits per heavy atom. The molecule has 0 bridgehead atoms. The van der Waals surface area contributed by atoms with E-state index in [-0.39, 0.29) is 11.9 Å². The van der Waals surface area contributed by atoms with Crippen molar-refractivity contribution >= 4 is 15.9 Å². The van der Waals surface area contributed by atoms with Crippen LogP contribution in [-0.4, -0.2) is 24.6 Å². The second-order valence-electron chi connectivity index (χ2n) is 4.63. The second-order valence-corrected chi connectivity index (χ2v) is 5.55. The highest BCUT2D eigenvalue weighted by atomic mass is 79.9. The molecule has 2 rings (SSSR count). The molecule has 0 spiro atoms. The highest BCUT2D eigenvalue weighted by molar-refractivity contribution is 9.10. The van der Waals surface area contributed by atoms with Crippen molar-refractivity contribution in [3.05, 3.63) is 34.1 Å². The topological polar surface area (TPSA) is 41.3 Å². The summed E-state index contributed by atoms with van der Waals surface area (Å²) >= 11 is 3.37. The molecule has 18 heavy (non-hydrogen) atoms. The lowest BCUT2D eigenvalue weighted by Gasteiger charge is -2.31. The molecule has 0 aliphatic carbocycles. The van der Waals surface area contributed by atoms with Crippen LogP contribution in [0.15, 0.2) is 22.7 Å². The predicted molar refractivity (Wildman–Crippen MR) is 74.5 cm³/mol. The molecule has 1 heterocycles. The van der Waals surface area contributed by atoms with Crippen molar-refractivity contribution in [2.75, 3.05) is 19.6 Å². The van der Waals surface area contributed by atoms with Crippen LogP contribution in [0, 0.1) is 5.82 Å². The fraction of sp³-hybridized carbons (Fsp3) is 0.538. The molecule has 1 aromatic carbocycles. The van der Waals surface area contributed by atoms with E-state index in [9.17, 15) is 4.39 Å². The van der Waals surface area contributed by atoms with Gasteiger partial charge in [0.05, 0.1) is 6.04 Å². The minimum absolute atomic E-state index is 0.166. The Labute approximate surface area is 116 Å². The first kappa shape index (κ1) is 13.9. The van der Waals surface area contributed by atoms with E-state index < -0.39 is 0 Å². The number of nitrogens with zero attached hydrogens (tertiary/aromatic N) is 1. The average molecular weight is 316 g/mol. The standard InChI is InChI=1S/C13H19BrFN3/c14-10-4-5-12(15)11(8-10)13(9-16)17-18-6-2-1-3-7-18/h4-5,8,13,17H,1-3,6-7,9,16H2. The molecule has 3 N–H and O–H groups in total. The third-order valence-corrected chi connectivity index (χ3v) is 3.76. The van der Waals surface area contributed by atoms with E-state index in [0.717, 1.165) is 17.6 Å². The van der Waals surface area contributed by atoms with Gasteiger partial charge < -0.3 is 5.73 Å². The minimum atomic E-state index is -0.210. The summed E-state index contributed by atoms with van der Waals surface area (Å²) < 4.78 is 14.7. The Morgan fingerprint density at radius 1 is 1.33 bits per heavy atom. The molecule has 3 nitrogen and oxygen atoms in total. The van der Waals surface area contributed by atoms with Crippen LogP contribution >= 0.6 is 15.9 Å². The molecule has 100 valence electrons. The summed E-state index contributed by atoms with van der Waals surface area (Å²) in [5.74, 6) is -0.210. The molecule has 0 aromatic heterocycles. The lowest BCUT2D eigenvalue weighted by atomic mass is 10.1. The smallest absolute Gasteiger partial charge is 0.128 e. The van der Waals surface area contributed by atoms with Gasteiger partial charge in [0.2, 0.25) is 0 Å². The highest BCUT2D eigenvalue weighted by Crippen LogP contribution is 2.22. The summed E-state index contributed by atoms with van der Waals surface area (Å²) in [4.78, 5) is 0. The molecule has 0 radical (unpaired) electrons. The number of piperidine rings is 1. The van der Waals surface area contributed by atoms with Crippen molar-refractivity contribution in [2.45, 2.75) is 25.3 Å². The molecule has 1 saturated heterocycles. The summed E-state index contributed by atoms with van der Waals surface area (Å²) in [5, 5.41) is 2.15. The minimum Gasteiger partial charge on any atom is -0.329 e. The quantitative estimate of drug-likeness (QED) is 0.897. The molecular formula is C13H19BrFN3. The van der Waals surface area contributed by atoms with Crippen LogP contribution in [0.25, 0.3) is 0 Å². The van der Waals surface area contributed by atoms with Gasteiger partial charge in [-0.2, -0.15) is 0 Å². The zero-order valence-electron chi connectivity index (χ0n) is 10.3. The second kappa shape index (κ2) is 6.61. The molecule has 0 amide bonds. The van der Waals surface area contributed by atoms with Gasteiger partial charge in [-0.3, -0.25) is 0 Å². The van der Waals surface area contributed by atoms with E-state index in [1.807, 2.05) is 0 Å². The van der Waals surface area contributed by atoms with E-state index in [2.05, 4.69) is 26.4 Å². The monoisotopic (exact) mass is 315 g/mol. The summed E-state index contributed by atoms with van der Waals surface area (Å²) in [6.07, 6.45) is 3.65. The van der Waals surface area contributed by atoms with Gasteiger partial charge in [0.25, 0.3) is 0 Å². The molecular weight excluding hydrogens is 297 g/mol. The van der Waals surface area contributed by atoms with Crippen molar-refractivity contribution in [2.24, 2.45) is 5.73 Å². The molecule has 1 unspecified atom stereocenters. The van der Waals surface area contributed by atoms with Gasteiger partial charge in [-0.05, 0) is 31.0 Å². The van der Waals surface area contributed by atoms with Crippen LogP contribution in [0.3, 0.4) is 0 Å². The SMILES string of the molecule is NCC(NN1CCCCC1)c1cc(Br)ccc1F. The van der Waals surface area contributed by atoms with Crippen LogP contribution < -0.4 is 11.2 Å². The fourth-order valence-electron chi connectivity index (χ4n) is 2.27. The Hall–Kier alpha value is -0.490. The summed E-state index contributed by atoms with van der Waals surface area (Å²) in [6.45, 7) is 2.39. The number of hydrazine groups is 1. The average Bonchev–Trinajstić information content (AvgIpc) is 2.40. The number of nitrogens with one attached hydrogen (secondary N) is 1. The van der Waals surface area contributed by atoms with E-state index in [4.69, 9.17) is 5.73 Å². The maximum Gasteiger partial charge on any atom is 0.128 e. The fourth-order valence-corrected chi connectivity index (χ4v) is 2.65. The lowest BCUT2D eigenvalue weighted by molar-refractivity contribution is 0.129. The van der Waals surface area contributed by atoms with Crippen molar-refractivity contribution in [3.63, 3.8) is 0 Å². The van der Waals surface area contributed by atoms with Crippen LogP contribution in [0.4, 0.5) is 4.39 Å². The molecule has 1 aromatic rings. The Balaban J connectivity index is 2.09. The first-order valence-electron chi connectivity index (χ1n) is 6.37. The van der Waals surface area contributed by atoms with Gasteiger partial charge in [-0.25, -0.2) is 14.8 Å². The highest BCUT2D eigenvalue weighted by Gasteiger charge is 2.18. The summed E-state index contributed by atoms with van der Waals surface area (Å²) in [6, 6.07) is 4.80. The number of hydrogen-bond acceptors (Lipinski definition) is 3. The number of hydrogen-bond donors (Lipinski definition) is 2. The van der Waals surface area contributed by atoms with Crippen molar-refractivity contribution < 1.29 is 4.39 Å². The summed E-state index contributed by atoms with van der Waals surface area (Å²) in [5.41, 5.74) is 9.73. The zero-order chi connectivity index (χ0) is 13.0. The molecule has 0 saturated carbocycles. The van der Waals surface area contributed by atoms with Gasteiger partial charge in [-0.15, -0.1) is 0 Å². The number of rotatable bonds is 4. The Kier molecular flexibility index (Phi) is 5.12. The lowest BCUT2D eigenvalue weighted by Crippen LogP contribution is -2.45. The number of nitrogens with two attached hydrogens (primary N) is 1. The zero-order valence-corrected chi connectivity index (χ0v) is 11.9. The van der Waals surface area contributed by atoms with Crippen LogP contribution in [0.1, 0.15) is 30.9 Å². The summed E-state index contributed by atoms with van der Waals surface area (Å²) in [7, 11) is 0. The van der Waals surface area contributed by atoms with E-state index in [0.29, 0.717) is 12.1 Å². The molecule has 1 atom stereocenters. The maximum atomic E-state index is 13.8. The molecule has 5 heteroatoms. The first-order chi connectivity index (χ1) is 8.70. The van der Waals surface area contributed by atoms with Gasteiger partial charge >= 0.3 is 0 Å². The molecule has 1 aliphatic heterocycles.